The van der Waals surface area contributed by atoms with Gasteiger partial charge in [0.15, 0.2) is 5.82 Å². The van der Waals surface area contributed by atoms with Crippen LogP contribution in [-0.2, 0) is 25.9 Å². The molecule has 106 valence electrons. The van der Waals surface area contributed by atoms with Crippen LogP contribution in [0.25, 0.3) is 0 Å². The average molecular weight is 272 g/mol. The largest absolute Gasteiger partial charge is 0.306 e. The molecule has 0 unspecified atom stereocenters. The minimum Gasteiger partial charge on any atom is -0.306 e. The van der Waals surface area contributed by atoms with Crippen LogP contribution in [0.3, 0.4) is 0 Å². The van der Waals surface area contributed by atoms with Gasteiger partial charge in [-0.05, 0) is 13.3 Å². The summed E-state index contributed by atoms with van der Waals surface area (Å²) in [6.45, 7) is 5.68. The van der Waals surface area contributed by atoms with E-state index in [1.165, 1.54) is 0 Å². The predicted octanol–water partition coefficient (Wildman–Crippen LogP) is 1.04. The van der Waals surface area contributed by atoms with E-state index in [4.69, 9.17) is 0 Å². The molecule has 0 saturated heterocycles. The lowest BCUT2D eigenvalue weighted by atomic mass is 10.1. The molecule has 0 aliphatic carbocycles. The van der Waals surface area contributed by atoms with Gasteiger partial charge in [0.2, 0.25) is 0 Å². The summed E-state index contributed by atoms with van der Waals surface area (Å²) in [5.74, 6) is 2.07. The van der Waals surface area contributed by atoms with E-state index in [1.54, 1.807) is 6.20 Å². The average Bonchev–Trinajstić information content (AvgIpc) is 2.89. The smallest absolute Gasteiger partial charge is 0.150 e. The molecular weight excluding hydrogens is 252 g/mol. The van der Waals surface area contributed by atoms with Gasteiger partial charge in [-0.15, -0.1) is 0 Å². The van der Waals surface area contributed by atoms with E-state index in [-0.39, 0.29) is 0 Å². The Balaban J connectivity index is 1.58. The molecule has 0 aromatic carbocycles. The third-order valence-corrected chi connectivity index (χ3v) is 3.62. The molecule has 0 radical (unpaired) electrons. The Bertz CT molecular complexity index is 574. The number of hydrogen-bond acceptors (Lipinski definition) is 5. The van der Waals surface area contributed by atoms with Crippen molar-refractivity contribution in [1.82, 2.24) is 30.0 Å². The zero-order chi connectivity index (χ0) is 13.9. The van der Waals surface area contributed by atoms with Crippen molar-refractivity contribution in [3.63, 3.8) is 0 Å². The maximum Gasteiger partial charge on any atom is 0.150 e. The molecule has 3 heterocycles. The fourth-order valence-electron chi connectivity index (χ4n) is 2.44. The Hall–Kier alpha value is -1.82. The maximum absolute atomic E-state index is 4.53. The van der Waals surface area contributed by atoms with Gasteiger partial charge in [0.1, 0.15) is 5.82 Å². The van der Waals surface area contributed by atoms with E-state index in [1.807, 2.05) is 17.8 Å². The monoisotopic (exact) mass is 272 g/mol. The predicted molar refractivity (Wildman–Crippen MR) is 75.1 cm³/mol. The van der Waals surface area contributed by atoms with Crippen molar-refractivity contribution in [3.05, 3.63) is 35.4 Å². The Kier molecular flexibility index (Phi) is 3.73. The number of fused-ring (bicyclic) bond motifs is 1. The summed E-state index contributed by atoms with van der Waals surface area (Å²) in [5, 5.41) is 8.06. The minimum atomic E-state index is 0.428. The molecule has 2 aromatic heterocycles. The third-order valence-electron chi connectivity index (χ3n) is 3.62. The summed E-state index contributed by atoms with van der Waals surface area (Å²) in [7, 11) is 0. The van der Waals surface area contributed by atoms with Crippen LogP contribution in [0.5, 0.6) is 0 Å². The number of aryl methyl sites for hydroxylation is 3. The van der Waals surface area contributed by atoms with Crippen molar-refractivity contribution in [2.75, 3.05) is 0 Å². The van der Waals surface area contributed by atoms with Crippen molar-refractivity contribution in [2.45, 2.75) is 52.2 Å². The summed E-state index contributed by atoms with van der Waals surface area (Å²) in [5.41, 5.74) is 1.93. The molecule has 2 aromatic rings. The fraction of sp³-hybridized carbons (Fsp3) is 0.571. The second kappa shape index (κ2) is 5.66. The molecule has 0 spiro atoms. The van der Waals surface area contributed by atoms with E-state index < -0.39 is 0 Å². The van der Waals surface area contributed by atoms with Crippen molar-refractivity contribution in [1.29, 1.82) is 0 Å². The normalized spacial score (nSPS) is 18.0. The molecule has 20 heavy (non-hydrogen) atoms. The number of nitrogens with zero attached hydrogens (tertiary/aromatic N) is 5. The second-order valence-corrected chi connectivity index (χ2v) is 5.25. The fourth-order valence-corrected chi connectivity index (χ4v) is 2.44. The van der Waals surface area contributed by atoms with Gasteiger partial charge in [0, 0.05) is 37.8 Å². The van der Waals surface area contributed by atoms with Crippen LogP contribution >= 0.6 is 0 Å². The van der Waals surface area contributed by atoms with Gasteiger partial charge in [-0.1, -0.05) is 6.92 Å². The first kappa shape index (κ1) is 13.2. The second-order valence-electron chi connectivity index (χ2n) is 5.25. The van der Waals surface area contributed by atoms with Gasteiger partial charge in [-0.25, -0.2) is 9.67 Å². The van der Waals surface area contributed by atoms with Crippen LogP contribution in [0.2, 0.25) is 0 Å². The van der Waals surface area contributed by atoms with Crippen LogP contribution in [-0.4, -0.2) is 30.8 Å². The Morgan fingerprint density at radius 1 is 1.35 bits per heavy atom. The quantitative estimate of drug-likeness (QED) is 0.900. The summed E-state index contributed by atoms with van der Waals surface area (Å²) in [6, 6.07) is 0.428. The SMILES string of the molecule is CCc1nc2n(n1)C[C@H](NCc1cnc(C)cn1)CC2. The van der Waals surface area contributed by atoms with Crippen LogP contribution in [0, 0.1) is 6.92 Å². The molecule has 0 bridgehead atoms. The highest BCUT2D eigenvalue weighted by Crippen LogP contribution is 2.13. The van der Waals surface area contributed by atoms with Crippen LogP contribution in [0.15, 0.2) is 12.4 Å². The first-order valence-corrected chi connectivity index (χ1v) is 7.18. The first-order valence-electron chi connectivity index (χ1n) is 7.18. The summed E-state index contributed by atoms with van der Waals surface area (Å²) < 4.78 is 2.04. The van der Waals surface area contributed by atoms with E-state index in [9.17, 15) is 0 Å². The molecule has 6 nitrogen and oxygen atoms in total. The molecule has 1 atom stereocenters. The highest BCUT2D eigenvalue weighted by molar-refractivity contribution is 5.02. The summed E-state index contributed by atoms with van der Waals surface area (Å²) in [4.78, 5) is 13.2. The highest BCUT2D eigenvalue weighted by Gasteiger charge is 2.20. The number of aromatic nitrogens is 5. The van der Waals surface area contributed by atoms with Crippen LogP contribution < -0.4 is 5.32 Å². The van der Waals surface area contributed by atoms with Gasteiger partial charge in [-0.2, -0.15) is 5.10 Å². The van der Waals surface area contributed by atoms with Gasteiger partial charge in [-0.3, -0.25) is 9.97 Å². The Morgan fingerprint density at radius 2 is 2.25 bits per heavy atom. The Morgan fingerprint density at radius 3 is 3.00 bits per heavy atom. The zero-order valence-electron chi connectivity index (χ0n) is 12.0. The molecular formula is C14H20N6. The Labute approximate surface area is 118 Å². The van der Waals surface area contributed by atoms with Crippen molar-refractivity contribution < 1.29 is 0 Å². The number of nitrogens with one attached hydrogen (secondary N) is 1. The molecule has 0 amide bonds. The minimum absolute atomic E-state index is 0.428. The lowest BCUT2D eigenvalue weighted by Crippen LogP contribution is -2.37. The maximum atomic E-state index is 4.53. The van der Waals surface area contributed by atoms with Crippen molar-refractivity contribution in [3.8, 4) is 0 Å². The summed E-state index contributed by atoms with van der Waals surface area (Å²) >= 11 is 0. The van der Waals surface area contributed by atoms with Crippen molar-refractivity contribution >= 4 is 0 Å². The van der Waals surface area contributed by atoms with Gasteiger partial charge < -0.3 is 5.32 Å². The number of rotatable bonds is 4. The van der Waals surface area contributed by atoms with Crippen LogP contribution in [0.4, 0.5) is 0 Å². The molecule has 1 aliphatic rings. The molecule has 3 rings (SSSR count). The highest BCUT2D eigenvalue weighted by atomic mass is 15.4. The van der Waals surface area contributed by atoms with Gasteiger partial charge in [0.25, 0.3) is 0 Å². The molecule has 6 heteroatoms. The molecule has 1 aliphatic heterocycles. The lowest BCUT2D eigenvalue weighted by molar-refractivity contribution is 0.356. The van der Waals surface area contributed by atoms with Crippen LogP contribution in [0.1, 0.15) is 36.4 Å². The van der Waals surface area contributed by atoms with Crippen molar-refractivity contribution in [2.24, 2.45) is 0 Å². The van der Waals surface area contributed by atoms with E-state index in [0.29, 0.717) is 6.04 Å². The molecule has 0 fully saturated rings. The lowest BCUT2D eigenvalue weighted by Gasteiger charge is -2.23. The molecule has 1 N–H and O–H groups in total. The van der Waals surface area contributed by atoms with Gasteiger partial charge in [0.05, 0.1) is 17.9 Å². The topological polar surface area (TPSA) is 68.5 Å². The van der Waals surface area contributed by atoms with E-state index in [2.05, 4.69) is 32.3 Å². The first-order chi connectivity index (χ1) is 9.74. The standard InChI is InChI=1S/C14H20N6/c1-3-13-18-14-5-4-11(9-20(14)19-13)17-8-12-7-15-10(2)6-16-12/h6-7,11,17H,3-5,8-9H2,1-2H3/t11-/m1/s1. The summed E-state index contributed by atoms with van der Waals surface area (Å²) in [6.07, 6.45) is 6.63. The van der Waals surface area contributed by atoms with E-state index in [0.717, 1.165) is 55.4 Å². The van der Waals surface area contributed by atoms with Gasteiger partial charge >= 0.3 is 0 Å². The molecule has 0 saturated carbocycles. The van der Waals surface area contributed by atoms with E-state index >= 15 is 0 Å². The third kappa shape index (κ3) is 2.85. The number of hydrogen-bond donors (Lipinski definition) is 1. The zero-order valence-corrected chi connectivity index (χ0v) is 12.0.